The molecular formula is C14H25N3O4. The molecule has 1 aliphatic carbocycles. The van der Waals surface area contributed by atoms with Crippen LogP contribution < -0.4 is 0 Å². The lowest BCUT2D eigenvalue weighted by Gasteiger charge is -2.36. The summed E-state index contributed by atoms with van der Waals surface area (Å²) in [6.07, 6.45) is 2.17. The number of aliphatic hydroxyl groups excluding tert-OH is 1. The third-order valence-electron chi connectivity index (χ3n) is 4.29. The van der Waals surface area contributed by atoms with Crippen LogP contribution in [0.25, 0.3) is 0 Å². The zero-order valence-electron chi connectivity index (χ0n) is 12.6. The van der Waals surface area contributed by atoms with Crippen molar-refractivity contribution in [2.45, 2.75) is 25.4 Å². The van der Waals surface area contributed by atoms with E-state index in [1.807, 2.05) is 4.90 Å². The summed E-state index contributed by atoms with van der Waals surface area (Å²) in [6.45, 7) is 3.29. The van der Waals surface area contributed by atoms with Crippen molar-refractivity contribution in [2.75, 3.05) is 46.3 Å². The molecule has 1 saturated carbocycles. The van der Waals surface area contributed by atoms with Crippen LogP contribution in [-0.2, 0) is 4.79 Å². The third kappa shape index (κ3) is 4.57. The van der Waals surface area contributed by atoms with Crippen LogP contribution in [0.4, 0.5) is 4.79 Å². The number of hydrogen-bond donors (Lipinski definition) is 2. The van der Waals surface area contributed by atoms with Gasteiger partial charge in [-0.15, -0.1) is 0 Å². The molecular weight excluding hydrogens is 274 g/mol. The van der Waals surface area contributed by atoms with Crippen LogP contribution >= 0.6 is 0 Å². The molecule has 2 amide bonds. The molecule has 1 aliphatic heterocycles. The molecule has 0 aromatic heterocycles. The molecule has 0 radical (unpaired) electrons. The van der Waals surface area contributed by atoms with Gasteiger partial charge >= 0.3 is 12.0 Å². The standard InChI is InChI=1S/C14H25N3O4/c1-15(9-11-7-12(18)8-11)14(21)17-4-2-3-16(5-6-17)10-13(19)20/h11-12,18H,2-10H2,1H3,(H,19,20). The van der Waals surface area contributed by atoms with Gasteiger partial charge < -0.3 is 20.0 Å². The molecule has 1 saturated heterocycles. The molecule has 0 spiro atoms. The summed E-state index contributed by atoms with van der Waals surface area (Å²) in [4.78, 5) is 28.5. The Morgan fingerprint density at radius 2 is 1.90 bits per heavy atom. The molecule has 2 aliphatic rings. The number of carboxylic acids is 1. The molecule has 0 aromatic carbocycles. The van der Waals surface area contributed by atoms with Crippen LogP contribution in [0.15, 0.2) is 0 Å². The van der Waals surface area contributed by atoms with E-state index < -0.39 is 5.97 Å². The van der Waals surface area contributed by atoms with Gasteiger partial charge in [0.2, 0.25) is 0 Å². The summed E-state index contributed by atoms with van der Waals surface area (Å²) in [5.41, 5.74) is 0. The number of nitrogens with zero attached hydrogens (tertiary/aromatic N) is 3. The summed E-state index contributed by atoms with van der Waals surface area (Å²) in [5.74, 6) is -0.417. The Bertz CT molecular complexity index is 384. The second-order valence-electron chi connectivity index (χ2n) is 6.16. The summed E-state index contributed by atoms with van der Waals surface area (Å²) in [7, 11) is 1.80. The number of carbonyl (C=O) groups excluding carboxylic acids is 1. The first-order valence-corrected chi connectivity index (χ1v) is 7.58. The average Bonchev–Trinajstić information content (AvgIpc) is 2.61. The van der Waals surface area contributed by atoms with Crippen LogP contribution in [-0.4, -0.2) is 89.3 Å². The number of rotatable bonds is 4. The van der Waals surface area contributed by atoms with Crippen LogP contribution in [0.1, 0.15) is 19.3 Å². The van der Waals surface area contributed by atoms with Crippen molar-refractivity contribution in [3.05, 3.63) is 0 Å². The molecule has 2 rings (SSSR count). The first kappa shape index (κ1) is 16.0. The van der Waals surface area contributed by atoms with E-state index in [1.54, 1.807) is 16.8 Å². The van der Waals surface area contributed by atoms with Gasteiger partial charge in [0.05, 0.1) is 12.6 Å². The second kappa shape index (κ2) is 7.09. The molecule has 120 valence electrons. The maximum atomic E-state index is 12.4. The number of carbonyl (C=O) groups is 2. The zero-order chi connectivity index (χ0) is 15.4. The Balaban J connectivity index is 1.77. The van der Waals surface area contributed by atoms with Crippen molar-refractivity contribution in [2.24, 2.45) is 5.92 Å². The molecule has 1 heterocycles. The number of urea groups is 1. The Hall–Kier alpha value is -1.34. The SMILES string of the molecule is CN(CC1CC(O)C1)C(=O)N1CCCN(CC(=O)O)CC1. The average molecular weight is 299 g/mol. The monoisotopic (exact) mass is 299 g/mol. The summed E-state index contributed by atoms with van der Waals surface area (Å²) in [6, 6.07) is 0.00793. The topological polar surface area (TPSA) is 84.3 Å². The first-order valence-electron chi connectivity index (χ1n) is 7.58. The van der Waals surface area contributed by atoms with Crippen molar-refractivity contribution in [1.29, 1.82) is 0 Å². The van der Waals surface area contributed by atoms with Crippen molar-refractivity contribution in [1.82, 2.24) is 14.7 Å². The maximum Gasteiger partial charge on any atom is 0.319 e. The number of aliphatic carboxylic acids is 1. The second-order valence-corrected chi connectivity index (χ2v) is 6.16. The Labute approximate surface area is 125 Å². The van der Waals surface area contributed by atoms with Crippen molar-refractivity contribution in [3.8, 4) is 0 Å². The Morgan fingerprint density at radius 3 is 2.52 bits per heavy atom. The van der Waals surface area contributed by atoms with Crippen molar-refractivity contribution in [3.63, 3.8) is 0 Å². The zero-order valence-corrected chi connectivity index (χ0v) is 12.6. The lowest BCUT2D eigenvalue weighted by Crippen LogP contribution is -2.46. The highest BCUT2D eigenvalue weighted by atomic mass is 16.4. The van der Waals surface area contributed by atoms with Gasteiger partial charge in [-0.25, -0.2) is 4.79 Å². The van der Waals surface area contributed by atoms with Crippen LogP contribution in [0, 0.1) is 5.92 Å². The molecule has 2 N–H and O–H groups in total. The van der Waals surface area contributed by atoms with E-state index in [1.165, 1.54) is 0 Å². The van der Waals surface area contributed by atoms with Gasteiger partial charge in [0.15, 0.2) is 0 Å². The Morgan fingerprint density at radius 1 is 1.19 bits per heavy atom. The van der Waals surface area contributed by atoms with Gasteiger partial charge in [-0.05, 0) is 25.2 Å². The molecule has 2 fully saturated rings. The van der Waals surface area contributed by atoms with E-state index in [4.69, 9.17) is 5.11 Å². The van der Waals surface area contributed by atoms with E-state index in [9.17, 15) is 14.7 Å². The molecule has 0 atom stereocenters. The van der Waals surface area contributed by atoms with E-state index >= 15 is 0 Å². The van der Waals surface area contributed by atoms with E-state index in [0.717, 1.165) is 19.3 Å². The van der Waals surface area contributed by atoms with Crippen molar-refractivity contribution < 1.29 is 19.8 Å². The van der Waals surface area contributed by atoms with Gasteiger partial charge in [-0.3, -0.25) is 9.69 Å². The molecule has 0 aromatic rings. The minimum absolute atomic E-state index is 0.00793. The molecule has 0 unspecified atom stereocenters. The largest absolute Gasteiger partial charge is 0.480 e. The van der Waals surface area contributed by atoms with Gasteiger partial charge in [0.25, 0.3) is 0 Å². The van der Waals surface area contributed by atoms with Crippen LogP contribution in [0.5, 0.6) is 0 Å². The lowest BCUT2D eigenvalue weighted by molar-refractivity contribution is -0.138. The van der Waals surface area contributed by atoms with Crippen molar-refractivity contribution >= 4 is 12.0 Å². The van der Waals surface area contributed by atoms with E-state index in [0.29, 0.717) is 38.6 Å². The highest BCUT2D eigenvalue weighted by Crippen LogP contribution is 2.27. The van der Waals surface area contributed by atoms with Gasteiger partial charge in [-0.1, -0.05) is 0 Å². The van der Waals surface area contributed by atoms with E-state index in [-0.39, 0.29) is 18.7 Å². The van der Waals surface area contributed by atoms with Gasteiger partial charge in [-0.2, -0.15) is 0 Å². The fourth-order valence-electron chi connectivity index (χ4n) is 3.07. The highest BCUT2D eigenvalue weighted by molar-refractivity contribution is 5.74. The number of carboxylic acid groups (broad SMARTS) is 1. The Kier molecular flexibility index (Phi) is 5.41. The molecule has 7 heteroatoms. The lowest BCUT2D eigenvalue weighted by atomic mass is 9.82. The maximum absolute atomic E-state index is 12.4. The number of amides is 2. The highest BCUT2D eigenvalue weighted by Gasteiger charge is 2.30. The predicted molar refractivity (Wildman–Crippen MR) is 77.0 cm³/mol. The fraction of sp³-hybridized carbons (Fsp3) is 0.857. The molecule has 0 bridgehead atoms. The summed E-state index contributed by atoms with van der Waals surface area (Å²) < 4.78 is 0. The number of hydrogen-bond acceptors (Lipinski definition) is 4. The normalized spacial score (nSPS) is 26.9. The first-order chi connectivity index (χ1) is 9.95. The summed E-state index contributed by atoms with van der Waals surface area (Å²) >= 11 is 0. The van der Waals surface area contributed by atoms with E-state index in [2.05, 4.69) is 0 Å². The minimum Gasteiger partial charge on any atom is -0.480 e. The quantitative estimate of drug-likeness (QED) is 0.757. The van der Waals surface area contributed by atoms with Crippen LogP contribution in [0.3, 0.4) is 0 Å². The molecule has 7 nitrogen and oxygen atoms in total. The molecule has 21 heavy (non-hydrogen) atoms. The fourth-order valence-corrected chi connectivity index (χ4v) is 3.07. The van der Waals surface area contributed by atoms with Crippen LogP contribution in [0.2, 0.25) is 0 Å². The number of aliphatic hydroxyl groups is 1. The summed E-state index contributed by atoms with van der Waals surface area (Å²) in [5, 5.41) is 18.1. The minimum atomic E-state index is -0.824. The third-order valence-corrected chi connectivity index (χ3v) is 4.29. The predicted octanol–water partition coefficient (Wildman–Crippen LogP) is -0.0986. The smallest absolute Gasteiger partial charge is 0.319 e. The van der Waals surface area contributed by atoms with Gasteiger partial charge in [0.1, 0.15) is 0 Å². The van der Waals surface area contributed by atoms with Gasteiger partial charge in [0, 0.05) is 39.8 Å².